The van der Waals surface area contributed by atoms with Gasteiger partial charge in [0.05, 0.1) is 13.7 Å². The number of ether oxygens (including phenoxy) is 1. The molecule has 6 heteroatoms. The highest BCUT2D eigenvalue weighted by Crippen LogP contribution is 2.28. The summed E-state index contributed by atoms with van der Waals surface area (Å²) >= 11 is 0. The van der Waals surface area contributed by atoms with E-state index in [1.165, 1.54) is 0 Å². The van der Waals surface area contributed by atoms with Gasteiger partial charge in [-0.3, -0.25) is 9.69 Å². The van der Waals surface area contributed by atoms with Crippen LogP contribution in [0.1, 0.15) is 40.2 Å². The summed E-state index contributed by atoms with van der Waals surface area (Å²) in [4.78, 5) is 19.9. The summed E-state index contributed by atoms with van der Waals surface area (Å²) in [5.41, 5.74) is 3.69. The van der Waals surface area contributed by atoms with Gasteiger partial charge in [0.1, 0.15) is 5.75 Å². The molecule has 30 heavy (non-hydrogen) atoms. The molecular formula is C24H27N3O3. The summed E-state index contributed by atoms with van der Waals surface area (Å²) in [5, 5.41) is 4.10. The zero-order chi connectivity index (χ0) is 21.1. The molecule has 4 rings (SSSR count). The van der Waals surface area contributed by atoms with Crippen LogP contribution in [0.15, 0.2) is 47.0 Å². The first-order valence-corrected chi connectivity index (χ1v) is 10.3. The molecule has 1 aliphatic heterocycles. The summed E-state index contributed by atoms with van der Waals surface area (Å²) in [7, 11) is 1.66. The molecule has 1 fully saturated rings. The Labute approximate surface area is 176 Å². The van der Waals surface area contributed by atoms with Crippen molar-refractivity contribution in [2.45, 2.75) is 33.2 Å². The fourth-order valence-electron chi connectivity index (χ4n) is 4.28. The number of piperidine rings is 1. The van der Waals surface area contributed by atoms with Gasteiger partial charge >= 0.3 is 0 Å². The Morgan fingerprint density at radius 1 is 1.20 bits per heavy atom. The average molecular weight is 405 g/mol. The van der Waals surface area contributed by atoms with Crippen LogP contribution in [0.3, 0.4) is 0 Å². The second-order valence-corrected chi connectivity index (χ2v) is 7.96. The van der Waals surface area contributed by atoms with Gasteiger partial charge in [-0.15, -0.1) is 0 Å². The predicted octanol–water partition coefficient (Wildman–Crippen LogP) is 4.46. The van der Waals surface area contributed by atoms with Gasteiger partial charge in [0.15, 0.2) is 5.78 Å². The number of carbonyl (C=O) groups excluding carboxylic acids is 1. The van der Waals surface area contributed by atoms with E-state index >= 15 is 0 Å². The van der Waals surface area contributed by atoms with E-state index in [-0.39, 0.29) is 11.7 Å². The monoisotopic (exact) mass is 405 g/mol. The summed E-state index contributed by atoms with van der Waals surface area (Å²) < 4.78 is 10.9. The highest BCUT2D eigenvalue weighted by molar-refractivity contribution is 5.98. The average Bonchev–Trinajstić information content (AvgIpc) is 3.22. The number of likely N-dealkylation sites (tertiary alicyclic amines) is 1. The van der Waals surface area contributed by atoms with Crippen LogP contribution in [-0.4, -0.2) is 41.0 Å². The molecule has 3 aromatic rings. The summed E-state index contributed by atoms with van der Waals surface area (Å²) in [6, 6.07) is 13.7. The summed E-state index contributed by atoms with van der Waals surface area (Å²) in [6.45, 7) is 6.15. The SMILES string of the molecule is COc1c(C)cc(C(=O)C2CCCN(Cc3nc(-c4ccccc4)no3)C2)cc1C. The third-order valence-electron chi connectivity index (χ3n) is 5.68. The first-order valence-electron chi connectivity index (χ1n) is 10.3. The van der Waals surface area contributed by atoms with Gasteiger partial charge in [-0.1, -0.05) is 35.5 Å². The molecule has 156 valence electrons. The fourth-order valence-corrected chi connectivity index (χ4v) is 4.28. The van der Waals surface area contributed by atoms with E-state index in [9.17, 15) is 4.79 Å². The minimum absolute atomic E-state index is 0.0255. The lowest BCUT2D eigenvalue weighted by Crippen LogP contribution is -2.38. The first kappa shape index (κ1) is 20.3. The number of hydrogen-bond donors (Lipinski definition) is 0. The molecule has 1 aromatic heterocycles. The van der Waals surface area contributed by atoms with Crippen molar-refractivity contribution in [1.82, 2.24) is 15.0 Å². The molecular weight excluding hydrogens is 378 g/mol. The molecule has 2 heterocycles. The molecule has 0 N–H and O–H groups in total. The zero-order valence-electron chi connectivity index (χ0n) is 17.7. The van der Waals surface area contributed by atoms with Gasteiger partial charge in [0.2, 0.25) is 11.7 Å². The van der Waals surface area contributed by atoms with Crippen molar-refractivity contribution in [1.29, 1.82) is 0 Å². The normalized spacial score (nSPS) is 17.1. The Kier molecular flexibility index (Phi) is 5.95. The summed E-state index contributed by atoms with van der Waals surface area (Å²) in [6.07, 6.45) is 1.88. The Hall–Kier alpha value is -2.99. The minimum atomic E-state index is -0.0255. The van der Waals surface area contributed by atoms with Crippen molar-refractivity contribution in [2.24, 2.45) is 5.92 Å². The van der Waals surface area contributed by atoms with Crippen LogP contribution in [-0.2, 0) is 6.54 Å². The first-order chi connectivity index (χ1) is 14.5. The van der Waals surface area contributed by atoms with Gasteiger partial charge in [-0.2, -0.15) is 4.98 Å². The standard InChI is InChI=1S/C24H27N3O3/c1-16-12-20(13-17(2)23(16)29-3)22(28)19-10-7-11-27(14-19)15-21-25-24(26-30-21)18-8-5-4-6-9-18/h4-6,8-9,12-13,19H,7,10-11,14-15H2,1-3H3. The van der Waals surface area contributed by atoms with Crippen LogP contribution in [0.4, 0.5) is 0 Å². The van der Waals surface area contributed by atoms with Crippen LogP contribution >= 0.6 is 0 Å². The minimum Gasteiger partial charge on any atom is -0.496 e. The molecule has 0 bridgehead atoms. The number of carbonyl (C=O) groups is 1. The van der Waals surface area contributed by atoms with E-state index in [1.807, 2.05) is 56.3 Å². The number of benzene rings is 2. The van der Waals surface area contributed by atoms with Crippen LogP contribution in [0.2, 0.25) is 0 Å². The van der Waals surface area contributed by atoms with Crippen molar-refractivity contribution in [3.05, 3.63) is 65.0 Å². The van der Waals surface area contributed by atoms with Crippen molar-refractivity contribution >= 4 is 5.78 Å². The van der Waals surface area contributed by atoms with Crippen LogP contribution < -0.4 is 4.74 Å². The molecule has 1 atom stereocenters. The molecule has 0 spiro atoms. The van der Waals surface area contributed by atoms with E-state index < -0.39 is 0 Å². The molecule has 0 amide bonds. The Morgan fingerprint density at radius 3 is 2.63 bits per heavy atom. The van der Waals surface area contributed by atoms with Gasteiger partial charge in [-0.25, -0.2) is 0 Å². The van der Waals surface area contributed by atoms with E-state index in [0.29, 0.717) is 24.8 Å². The number of aromatic nitrogens is 2. The van der Waals surface area contributed by atoms with Crippen LogP contribution in [0.5, 0.6) is 5.75 Å². The highest BCUT2D eigenvalue weighted by Gasteiger charge is 2.28. The quantitative estimate of drug-likeness (QED) is 0.564. The van der Waals surface area contributed by atoms with Crippen molar-refractivity contribution in [3.63, 3.8) is 0 Å². The lowest BCUT2D eigenvalue weighted by atomic mass is 9.88. The number of Topliss-reactive ketones (excluding diaryl/α,β-unsaturated/α-hetero) is 1. The van der Waals surface area contributed by atoms with Gasteiger partial charge in [-0.05, 0) is 56.5 Å². The fraction of sp³-hybridized carbons (Fsp3) is 0.375. The van der Waals surface area contributed by atoms with E-state index in [2.05, 4.69) is 15.0 Å². The number of aryl methyl sites for hydroxylation is 2. The topological polar surface area (TPSA) is 68.5 Å². The lowest BCUT2D eigenvalue weighted by Gasteiger charge is -2.31. The largest absolute Gasteiger partial charge is 0.496 e. The van der Waals surface area contributed by atoms with Gasteiger partial charge < -0.3 is 9.26 Å². The molecule has 0 aliphatic carbocycles. The number of hydrogen-bond acceptors (Lipinski definition) is 6. The van der Waals surface area contributed by atoms with Crippen LogP contribution in [0.25, 0.3) is 11.4 Å². The Morgan fingerprint density at radius 2 is 1.93 bits per heavy atom. The smallest absolute Gasteiger partial charge is 0.241 e. The third kappa shape index (κ3) is 4.28. The van der Waals surface area contributed by atoms with E-state index in [4.69, 9.17) is 9.26 Å². The molecule has 6 nitrogen and oxygen atoms in total. The predicted molar refractivity (Wildman–Crippen MR) is 115 cm³/mol. The maximum Gasteiger partial charge on any atom is 0.241 e. The van der Waals surface area contributed by atoms with Crippen molar-refractivity contribution in [2.75, 3.05) is 20.2 Å². The van der Waals surface area contributed by atoms with Crippen molar-refractivity contribution in [3.8, 4) is 17.1 Å². The van der Waals surface area contributed by atoms with Gasteiger partial charge in [0.25, 0.3) is 0 Å². The molecule has 2 aromatic carbocycles. The third-order valence-corrected chi connectivity index (χ3v) is 5.68. The number of methoxy groups -OCH3 is 1. The maximum absolute atomic E-state index is 13.2. The number of rotatable bonds is 6. The second kappa shape index (κ2) is 8.79. The molecule has 1 aliphatic rings. The second-order valence-electron chi connectivity index (χ2n) is 7.96. The molecule has 1 saturated heterocycles. The Bertz CT molecular complexity index is 1010. The maximum atomic E-state index is 13.2. The highest BCUT2D eigenvalue weighted by atomic mass is 16.5. The van der Waals surface area contributed by atoms with Crippen molar-refractivity contribution < 1.29 is 14.1 Å². The number of ketones is 1. The zero-order valence-corrected chi connectivity index (χ0v) is 17.7. The number of nitrogens with zero attached hydrogens (tertiary/aromatic N) is 3. The molecule has 0 saturated carbocycles. The Balaban J connectivity index is 1.44. The van der Waals surface area contributed by atoms with E-state index in [1.54, 1.807) is 7.11 Å². The summed E-state index contributed by atoms with van der Waals surface area (Å²) in [5.74, 6) is 2.20. The van der Waals surface area contributed by atoms with Crippen LogP contribution in [0, 0.1) is 19.8 Å². The lowest BCUT2D eigenvalue weighted by molar-refractivity contribution is 0.0797. The van der Waals surface area contributed by atoms with E-state index in [0.717, 1.165) is 47.4 Å². The molecule has 1 unspecified atom stereocenters. The van der Waals surface area contributed by atoms with Gasteiger partial charge in [0, 0.05) is 23.6 Å². The molecule has 0 radical (unpaired) electrons.